The molecule has 2 N–H and O–H groups in total. The van der Waals surface area contributed by atoms with Gasteiger partial charge in [-0.25, -0.2) is 19.9 Å². The highest BCUT2D eigenvalue weighted by molar-refractivity contribution is 5.76. The molecule has 0 fully saturated rings. The summed E-state index contributed by atoms with van der Waals surface area (Å²) >= 11 is 0. The fraction of sp³-hybridized carbons (Fsp3) is 0. The number of anilines is 1. The lowest BCUT2D eigenvalue weighted by atomic mass is 10.1. The van der Waals surface area contributed by atoms with Crippen molar-refractivity contribution in [3.05, 3.63) is 55.2 Å². The Labute approximate surface area is 136 Å². The highest BCUT2D eigenvalue weighted by Crippen LogP contribution is 2.29. The van der Waals surface area contributed by atoms with Crippen LogP contribution in [0.2, 0.25) is 0 Å². The van der Waals surface area contributed by atoms with Gasteiger partial charge in [0.2, 0.25) is 5.82 Å². The van der Waals surface area contributed by atoms with Crippen LogP contribution in [-0.2, 0) is 0 Å². The minimum atomic E-state index is 0.307. The fourth-order valence-electron chi connectivity index (χ4n) is 2.24. The minimum Gasteiger partial charge on any atom is -0.384 e. The molecule has 3 aromatic heterocycles. The molecule has 1 aromatic carbocycles. The Bertz CT molecular complexity index is 984. The van der Waals surface area contributed by atoms with Crippen LogP contribution in [0.15, 0.2) is 59.8 Å². The lowest BCUT2D eigenvalue weighted by molar-refractivity contribution is 0.432. The molecule has 0 spiro atoms. The van der Waals surface area contributed by atoms with Crippen LogP contribution in [0.1, 0.15) is 0 Å². The van der Waals surface area contributed by atoms with Crippen LogP contribution in [0.25, 0.3) is 34.2 Å². The molecule has 3 heterocycles. The van der Waals surface area contributed by atoms with Crippen molar-refractivity contribution in [2.75, 3.05) is 5.73 Å². The first-order valence-electron chi connectivity index (χ1n) is 7.08. The van der Waals surface area contributed by atoms with Gasteiger partial charge in [0, 0.05) is 17.8 Å². The summed E-state index contributed by atoms with van der Waals surface area (Å²) in [5.41, 5.74) is 8.42. The molecule has 24 heavy (non-hydrogen) atoms. The van der Waals surface area contributed by atoms with Gasteiger partial charge in [0.25, 0.3) is 5.89 Å². The first-order valence-corrected chi connectivity index (χ1v) is 7.08. The summed E-state index contributed by atoms with van der Waals surface area (Å²) in [6.45, 7) is 0. The number of nitrogens with zero attached hydrogens (tertiary/aromatic N) is 6. The van der Waals surface area contributed by atoms with E-state index < -0.39 is 0 Å². The van der Waals surface area contributed by atoms with E-state index in [-0.39, 0.29) is 0 Å². The molecule has 0 radical (unpaired) electrons. The second-order valence-electron chi connectivity index (χ2n) is 4.90. The second-order valence-corrected chi connectivity index (χ2v) is 4.90. The molecule has 116 valence electrons. The standard InChI is InChI=1S/C16H11N7O/c17-13-6-12(19-9-20-13)15-22-16(24-23-15)11-7-18-8-21-14(11)10-4-2-1-3-5-10/h1-9H,(H2,17,19,20). The number of nitrogen functional groups attached to an aromatic ring is 1. The Balaban J connectivity index is 1.79. The molecule has 0 unspecified atom stereocenters. The van der Waals surface area contributed by atoms with Gasteiger partial charge < -0.3 is 10.3 Å². The predicted molar refractivity (Wildman–Crippen MR) is 86.2 cm³/mol. The Morgan fingerprint density at radius 1 is 0.958 bits per heavy atom. The highest BCUT2D eigenvalue weighted by Gasteiger charge is 2.17. The van der Waals surface area contributed by atoms with Gasteiger partial charge in [0.15, 0.2) is 0 Å². The van der Waals surface area contributed by atoms with Gasteiger partial charge in [-0.2, -0.15) is 4.98 Å². The van der Waals surface area contributed by atoms with E-state index in [9.17, 15) is 0 Å². The molecular formula is C16H11N7O. The van der Waals surface area contributed by atoms with Crippen LogP contribution < -0.4 is 5.73 Å². The van der Waals surface area contributed by atoms with E-state index in [4.69, 9.17) is 10.3 Å². The van der Waals surface area contributed by atoms with Crippen molar-refractivity contribution in [1.29, 1.82) is 0 Å². The fourth-order valence-corrected chi connectivity index (χ4v) is 2.24. The molecule has 8 nitrogen and oxygen atoms in total. The number of aromatic nitrogens is 6. The molecule has 4 aromatic rings. The van der Waals surface area contributed by atoms with E-state index in [1.807, 2.05) is 30.3 Å². The van der Waals surface area contributed by atoms with Gasteiger partial charge in [-0.3, -0.25) is 0 Å². The summed E-state index contributed by atoms with van der Waals surface area (Å²) in [6.07, 6.45) is 4.47. The molecule has 0 bridgehead atoms. The minimum absolute atomic E-state index is 0.307. The Hall–Kier alpha value is -3.68. The van der Waals surface area contributed by atoms with E-state index >= 15 is 0 Å². The zero-order valence-electron chi connectivity index (χ0n) is 12.4. The second kappa shape index (κ2) is 5.84. The van der Waals surface area contributed by atoms with Crippen molar-refractivity contribution in [2.24, 2.45) is 0 Å². The van der Waals surface area contributed by atoms with Gasteiger partial charge in [0.05, 0.1) is 11.3 Å². The average molecular weight is 317 g/mol. The molecule has 0 saturated carbocycles. The number of rotatable bonds is 3. The lowest BCUT2D eigenvalue weighted by Crippen LogP contribution is -1.94. The maximum absolute atomic E-state index is 5.66. The largest absolute Gasteiger partial charge is 0.384 e. The number of nitrogens with two attached hydrogens (primary N) is 1. The van der Waals surface area contributed by atoms with Crippen molar-refractivity contribution in [3.8, 4) is 34.2 Å². The molecule has 4 rings (SSSR count). The molecule has 0 amide bonds. The van der Waals surface area contributed by atoms with Crippen molar-refractivity contribution < 1.29 is 4.52 Å². The van der Waals surface area contributed by atoms with Gasteiger partial charge in [-0.05, 0) is 0 Å². The van der Waals surface area contributed by atoms with Crippen molar-refractivity contribution in [3.63, 3.8) is 0 Å². The molecule has 0 aliphatic rings. The van der Waals surface area contributed by atoms with Crippen LogP contribution in [0.4, 0.5) is 5.82 Å². The summed E-state index contributed by atoms with van der Waals surface area (Å²) in [4.78, 5) is 20.7. The maximum Gasteiger partial charge on any atom is 0.262 e. The zero-order chi connectivity index (χ0) is 16.4. The summed E-state index contributed by atoms with van der Waals surface area (Å²) in [6, 6.07) is 11.3. The lowest BCUT2D eigenvalue weighted by Gasteiger charge is -2.03. The first kappa shape index (κ1) is 13.9. The van der Waals surface area contributed by atoms with Crippen LogP contribution in [-0.4, -0.2) is 30.1 Å². The molecule has 0 aliphatic carbocycles. The quantitative estimate of drug-likeness (QED) is 0.611. The van der Waals surface area contributed by atoms with Gasteiger partial charge in [-0.15, -0.1) is 0 Å². The van der Waals surface area contributed by atoms with Crippen molar-refractivity contribution in [1.82, 2.24) is 30.1 Å². The van der Waals surface area contributed by atoms with Gasteiger partial charge in [-0.1, -0.05) is 35.5 Å². The molecular weight excluding hydrogens is 306 g/mol. The van der Waals surface area contributed by atoms with Crippen LogP contribution in [0, 0.1) is 0 Å². The van der Waals surface area contributed by atoms with E-state index in [0.717, 1.165) is 5.56 Å². The molecule has 0 saturated heterocycles. The average Bonchev–Trinajstić information content (AvgIpc) is 3.12. The van der Waals surface area contributed by atoms with E-state index in [1.165, 1.54) is 12.7 Å². The molecule has 0 aliphatic heterocycles. The van der Waals surface area contributed by atoms with E-state index in [0.29, 0.717) is 34.5 Å². The maximum atomic E-state index is 5.66. The van der Waals surface area contributed by atoms with Crippen LogP contribution in [0.5, 0.6) is 0 Å². The van der Waals surface area contributed by atoms with Crippen LogP contribution >= 0.6 is 0 Å². The summed E-state index contributed by atoms with van der Waals surface area (Å²) in [5.74, 6) is 0.961. The van der Waals surface area contributed by atoms with Crippen molar-refractivity contribution >= 4 is 5.82 Å². The Morgan fingerprint density at radius 3 is 2.67 bits per heavy atom. The first-order chi connectivity index (χ1) is 11.8. The SMILES string of the molecule is Nc1cc(-c2noc(-c3cncnc3-c3ccccc3)n2)ncn1. The molecule has 8 heteroatoms. The predicted octanol–water partition coefficient (Wildman–Crippen LogP) is 2.23. The van der Waals surface area contributed by atoms with Gasteiger partial charge >= 0.3 is 0 Å². The zero-order valence-corrected chi connectivity index (χ0v) is 12.4. The van der Waals surface area contributed by atoms with Gasteiger partial charge in [0.1, 0.15) is 24.2 Å². The number of hydrogen-bond donors (Lipinski definition) is 1. The topological polar surface area (TPSA) is 116 Å². The Kier molecular flexibility index (Phi) is 3.39. The van der Waals surface area contributed by atoms with Crippen LogP contribution in [0.3, 0.4) is 0 Å². The van der Waals surface area contributed by atoms with Crippen molar-refractivity contribution in [2.45, 2.75) is 0 Å². The summed E-state index contributed by atoms with van der Waals surface area (Å²) in [7, 11) is 0. The van der Waals surface area contributed by atoms with E-state index in [2.05, 4.69) is 30.1 Å². The number of hydrogen-bond acceptors (Lipinski definition) is 8. The smallest absolute Gasteiger partial charge is 0.262 e. The van der Waals surface area contributed by atoms with E-state index in [1.54, 1.807) is 12.3 Å². The highest BCUT2D eigenvalue weighted by atomic mass is 16.5. The third-order valence-electron chi connectivity index (χ3n) is 3.33. The summed E-state index contributed by atoms with van der Waals surface area (Å²) in [5, 5.41) is 3.95. The third kappa shape index (κ3) is 2.56. The third-order valence-corrected chi connectivity index (χ3v) is 3.33. The number of benzene rings is 1. The summed E-state index contributed by atoms with van der Waals surface area (Å²) < 4.78 is 5.36. The monoisotopic (exact) mass is 317 g/mol. The molecule has 0 atom stereocenters. The Morgan fingerprint density at radius 2 is 1.83 bits per heavy atom. The normalized spacial score (nSPS) is 10.7.